The monoisotopic (exact) mass is 351 g/mol. The average molecular weight is 352 g/mol. The van der Waals surface area contributed by atoms with Gasteiger partial charge in [-0.15, -0.1) is 0 Å². The summed E-state index contributed by atoms with van der Waals surface area (Å²) in [5.41, 5.74) is 4.47. The Morgan fingerprint density at radius 1 is 0.923 bits per heavy atom. The van der Waals surface area contributed by atoms with Crippen molar-refractivity contribution in [1.82, 2.24) is 5.32 Å². The zero-order valence-corrected chi connectivity index (χ0v) is 17.3. The number of hydrogen-bond acceptors (Lipinski definition) is 2. The fourth-order valence-electron chi connectivity index (χ4n) is 3.21. The second-order valence-corrected chi connectivity index (χ2v) is 9.28. The third-order valence-corrected chi connectivity index (χ3v) is 4.51. The van der Waals surface area contributed by atoms with Gasteiger partial charge in [-0.3, -0.25) is 4.79 Å². The van der Waals surface area contributed by atoms with Crippen LogP contribution in [0, 0.1) is 12.3 Å². The van der Waals surface area contributed by atoms with E-state index in [9.17, 15) is 4.79 Å². The Kier molecular flexibility index (Phi) is 6.08. The Bertz CT molecular complexity index is 745. The lowest BCUT2D eigenvalue weighted by molar-refractivity contribution is -0.128. The van der Waals surface area contributed by atoms with Gasteiger partial charge in [0.1, 0.15) is 0 Å². The topological polar surface area (TPSA) is 29.1 Å². The summed E-state index contributed by atoms with van der Waals surface area (Å²) in [5, 5.41) is 3.52. The van der Waals surface area contributed by atoms with Gasteiger partial charge in [0.15, 0.2) is 5.78 Å². The van der Waals surface area contributed by atoms with E-state index in [-0.39, 0.29) is 22.8 Å². The molecule has 0 aliphatic carbocycles. The highest BCUT2D eigenvalue weighted by Gasteiger charge is 2.31. The number of aryl methyl sites for hydroxylation is 1. The maximum atomic E-state index is 12.9. The van der Waals surface area contributed by atoms with Crippen LogP contribution in [0.15, 0.2) is 48.5 Å². The number of hydrogen-bond donors (Lipinski definition) is 1. The van der Waals surface area contributed by atoms with Gasteiger partial charge in [0.05, 0.1) is 6.04 Å². The Morgan fingerprint density at radius 3 is 2.00 bits per heavy atom. The van der Waals surface area contributed by atoms with Gasteiger partial charge in [-0.25, -0.2) is 0 Å². The normalized spacial score (nSPS) is 13.5. The molecule has 2 nitrogen and oxygen atoms in total. The zero-order chi connectivity index (χ0) is 19.5. The number of rotatable bonds is 5. The molecule has 2 aromatic carbocycles. The summed E-state index contributed by atoms with van der Waals surface area (Å²) in [4.78, 5) is 12.9. The molecule has 0 aromatic heterocycles. The molecule has 0 spiro atoms. The largest absolute Gasteiger partial charge is 0.302 e. The summed E-state index contributed by atoms with van der Waals surface area (Å²) in [6.07, 6.45) is 0.710. The lowest BCUT2D eigenvalue weighted by Crippen LogP contribution is -2.51. The van der Waals surface area contributed by atoms with Crippen LogP contribution in [0.5, 0.6) is 0 Å². The molecule has 26 heavy (non-hydrogen) atoms. The average Bonchev–Trinajstić information content (AvgIpc) is 2.53. The third kappa shape index (κ3) is 5.54. The van der Waals surface area contributed by atoms with Crippen molar-refractivity contribution >= 4 is 5.78 Å². The van der Waals surface area contributed by atoms with Gasteiger partial charge in [0, 0.05) is 11.0 Å². The predicted octanol–water partition coefficient (Wildman–Crippen LogP) is 5.58. The van der Waals surface area contributed by atoms with Crippen molar-refractivity contribution in [2.45, 2.75) is 66.5 Å². The summed E-state index contributed by atoms with van der Waals surface area (Å²) in [5.74, 6) is 0.260. The number of carbonyl (C=O) groups excluding carboxylic acids is 1. The van der Waals surface area contributed by atoms with Gasteiger partial charge in [0.2, 0.25) is 0 Å². The molecule has 2 aromatic rings. The number of benzene rings is 2. The van der Waals surface area contributed by atoms with Crippen molar-refractivity contribution in [3.8, 4) is 11.1 Å². The first-order chi connectivity index (χ1) is 12.0. The second-order valence-electron chi connectivity index (χ2n) is 9.28. The van der Waals surface area contributed by atoms with Crippen LogP contribution in [-0.2, 0) is 11.2 Å². The molecular formula is C24H33NO. The fourth-order valence-corrected chi connectivity index (χ4v) is 3.21. The van der Waals surface area contributed by atoms with Gasteiger partial charge < -0.3 is 5.32 Å². The number of nitrogens with one attached hydrogen (secondary N) is 1. The minimum atomic E-state index is -0.357. The molecule has 2 heteroatoms. The van der Waals surface area contributed by atoms with E-state index in [4.69, 9.17) is 0 Å². The van der Waals surface area contributed by atoms with Crippen LogP contribution < -0.4 is 5.32 Å². The predicted molar refractivity (Wildman–Crippen MR) is 111 cm³/mol. The minimum Gasteiger partial charge on any atom is -0.302 e. The first kappa shape index (κ1) is 20.4. The van der Waals surface area contributed by atoms with E-state index in [0.29, 0.717) is 6.42 Å². The highest BCUT2D eigenvalue weighted by molar-refractivity contribution is 5.89. The van der Waals surface area contributed by atoms with Gasteiger partial charge in [-0.1, -0.05) is 69.3 Å². The third-order valence-electron chi connectivity index (χ3n) is 4.51. The molecule has 0 bridgehead atoms. The van der Waals surface area contributed by atoms with E-state index < -0.39 is 0 Å². The highest BCUT2D eigenvalue weighted by Crippen LogP contribution is 2.25. The Balaban J connectivity index is 2.23. The molecule has 2 rings (SSSR count). The maximum Gasteiger partial charge on any atom is 0.155 e. The van der Waals surface area contributed by atoms with Crippen molar-refractivity contribution in [2.24, 2.45) is 5.41 Å². The van der Waals surface area contributed by atoms with Crippen LogP contribution in [0.1, 0.15) is 52.7 Å². The summed E-state index contributed by atoms with van der Waals surface area (Å²) >= 11 is 0. The molecule has 0 amide bonds. The Morgan fingerprint density at radius 2 is 1.50 bits per heavy atom. The van der Waals surface area contributed by atoms with Crippen molar-refractivity contribution in [1.29, 1.82) is 0 Å². The van der Waals surface area contributed by atoms with Gasteiger partial charge >= 0.3 is 0 Å². The van der Waals surface area contributed by atoms with Crippen LogP contribution in [0.2, 0.25) is 0 Å². The van der Waals surface area contributed by atoms with Crippen molar-refractivity contribution in [3.05, 3.63) is 59.7 Å². The molecular weight excluding hydrogens is 318 g/mol. The zero-order valence-electron chi connectivity index (χ0n) is 17.3. The number of Topliss-reactive ketones (excluding diaryl/α,β-unsaturated/α-hetero) is 1. The lowest BCUT2D eigenvalue weighted by Gasteiger charge is -2.32. The van der Waals surface area contributed by atoms with E-state index in [2.05, 4.69) is 81.5 Å². The minimum absolute atomic E-state index is 0.104. The molecule has 0 saturated heterocycles. The van der Waals surface area contributed by atoms with Crippen LogP contribution in [0.4, 0.5) is 0 Å². The number of ketones is 1. The lowest BCUT2D eigenvalue weighted by atomic mass is 9.83. The maximum absolute atomic E-state index is 12.9. The molecule has 0 radical (unpaired) electrons. The van der Waals surface area contributed by atoms with Gasteiger partial charge in [-0.2, -0.15) is 0 Å². The summed E-state index contributed by atoms with van der Waals surface area (Å²) in [7, 11) is 0. The van der Waals surface area contributed by atoms with Crippen molar-refractivity contribution in [3.63, 3.8) is 0 Å². The van der Waals surface area contributed by atoms with Crippen molar-refractivity contribution in [2.75, 3.05) is 0 Å². The van der Waals surface area contributed by atoms with Crippen LogP contribution in [-0.4, -0.2) is 17.4 Å². The summed E-state index contributed by atoms with van der Waals surface area (Å²) < 4.78 is 0. The molecule has 1 atom stereocenters. The molecule has 0 aliphatic heterocycles. The smallest absolute Gasteiger partial charge is 0.155 e. The van der Waals surface area contributed by atoms with Gasteiger partial charge in [-0.05, 0) is 56.4 Å². The second kappa shape index (κ2) is 7.75. The quantitative estimate of drug-likeness (QED) is 0.762. The molecule has 1 unspecified atom stereocenters. The fraction of sp³-hybridized carbons (Fsp3) is 0.458. The van der Waals surface area contributed by atoms with E-state index in [1.807, 2.05) is 20.8 Å². The molecule has 1 N–H and O–H groups in total. The van der Waals surface area contributed by atoms with E-state index in [1.54, 1.807) is 0 Å². The molecule has 0 aliphatic rings. The first-order valence-electron chi connectivity index (χ1n) is 9.44. The summed E-state index contributed by atoms with van der Waals surface area (Å²) in [6, 6.07) is 16.9. The summed E-state index contributed by atoms with van der Waals surface area (Å²) in [6.45, 7) is 14.4. The molecule has 140 valence electrons. The van der Waals surface area contributed by atoms with E-state index in [1.165, 1.54) is 22.3 Å². The SMILES string of the molecule is Cc1ccccc1-c1ccc(CC(NC(C)(C)C)C(=O)C(C)(C)C)cc1. The molecule has 0 fully saturated rings. The molecule has 0 heterocycles. The standard InChI is InChI=1S/C24H33NO/c1-17-10-8-9-11-20(17)19-14-12-18(13-15-19)16-21(25-24(5,6)7)22(26)23(2,3)4/h8-15,21,25H,16H2,1-7H3. The highest BCUT2D eigenvalue weighted by atomic mass is 16.1. The van der Waals surface area contributed by atoms with Crippen LogP contribution in [0.3, 0.4) is 0 Å². The Labute approximate surface area is 159 Å². The van der Waals surface area contributed by atoms with Crippen LogP contribution in [0.25, 0.3) is 11.1 Å². The Hall–Kier alpha value is -1.93. The molecule has 0 saturated carbocycles. The van der Waals surface area contributed by atoms with E-state index in [0.717, 1.165) is 0 Å². The number of carbonyl (C=O) groups is 1. The first-order valence-corrected chi connectivity index (χ1v) is 9.44. The van der Waals surface area contributed by atoms with Gasteiger partial charge in [0.25, 0.3) is 0 Å². The van der Waals surface area contributed by atoms with Crippen LogP contribution >= 0.6 is 0 Å². The van der Waals surface area contributed by atoms with E-state index >= 15 is 0 Å². The van der Waals surface area contributed by atoms with Crippen molar-refractivity contribution < 1.29 is 4.79 Å².